The minimum atomic E-state index is -0.156. The molecule has 0 aliphatic heterocycles. The van der Waals surface area contributed by atoms with Crippen molar-refractivity contribution in [1.82, 2.24) is 14.8 Å². The average molecular weight is 508 g/mol. The van der Waals surface area contributed by atoms with Crippen molar-refractivity contribution in [1.29, 1.82) is 0 Å². The van der Waals surface area contributed by atoms with Crippen LogP contribution in [0.25, 0.3) is 28.2 Å². The number of aromatic nitrogens is 3. The van der Waals surface area contributed by atoms with E-state index in [0.717, 1.165) is 29.3 Å². The fraction of sp³-hybridized carbons (Fsp3) is 0.429. The van der Waals surface area contributed by atoms with Crippen molar-refractivity contribution in [3.8, 4) is 28.2 Å². The third-order valence-corrected chi connectivity index (χ3v) is 7.53. The molecule has 3 nitrogen and oxygen atoms in total. The molecule has 0 saturated heterocycles. The standard InChI is InChI=1S/C35H45N3/c1-23-12-13-28(20-24(23)2)31-36-37-32(35(10,11)22-33(4,5)6)38(31)30-19-16-27(21-25(30)3)26-14-17-29(18-15-26)34(7,8)9/h12-21H,22H2,1-11H3. The van der Waals surface area contributed by atoms with E-state index in [1.54, 1.807) is 0 Å². The van der Waals surface area contributed by atoms with E-state index in [4.69, 9.17) is 10.2 Å². The number of aryl methyl sites for hydroxylation is 3. The van der Waals surface area contributed by atoms with Crippen LogP contribution in [0.5, 0.6) is 0 Å². The summed E-state index contributed by atoms with van der Waals surface area (Å²) in [5.74, 6) is 1.90. The molecule has 0 saturated carbocycles. The van der Waals surface area contributed by atoms with E-state index in [1.807, 2.05) is 0 Å². The van der Waals surface area contributed by atoms with Crippen molar-refractivity contribution in [3.05, 3.63) is 88.7 Å². The predicted molar refractivity (Wildman–Crippen MR) is 162 cm³/mol. The molecule has 0 spiro atoms. The average Bonchev–Trinajstić information content (AvgIpc) is 3.25. The molecule has 0 fully saturated rings. The molecule has 38 heavy (non-hydrogen) atoms. The van der Waals surface area contributed by atoms with E-state index >= 15 is 0 Å². The minimum Gasteiger partial charge on any atom is -0.278 e. The molecule has 3 aromatic carbocycles. The monoisotopic (exact) mass is 507 g/mol. The molecule has 0 aliphatic rings. The Morgan fingerprint density at radius 1 is 0.605 bits per heavy atom. The van der Waals surface area contributed by atoms with Gasteiger partial charge in [0.1, 0.15) is 5.82 Å². The van der Waals surface area contributed by atoms with Crippen LogP contribution in [0.3, 0.4) is 0 Å². The highest BCUT2D eigenvalue weighted by atomic mass is 15.3. The molecule has 0 aliphatic carbocycles. The highest BCUT2D eigenvalue weighted by Gasteiger charge is 2.34. The van der Waals surface area contributed by atoms with E-state index in [-0.39, 0.29) is 16.2 Å². The molecule has 0 unspecified atom stereocenters. The van der Waals surface area contributed by atoms with Crippen LogP contribution in [0.2, 0.25) is 0 Å². The molecule has 0 radical (unpaired) electrons. The Balaban J connectivity index is 1.86. The van der Waals surface area contributed by atoms with E-state index in [9.17, 15) is 0 Å². The number of nitrogens with zero attached hydrogens (tertiary/aromatic N) is 3. The zero-order valence-corrected chi connectivity index (χ0v) is 25.3. The summed E-state index contributed by atoms with van der Waals surface area (Å²) in [6, 6.07) is 22.4. The largest absolute Gasteiger partial charge is 0.278 e. The van der Waals surface area contributed by atoms with Crippen LogP contribution in [-0.4, -0.2) is 14.8 Å². The van der Waals surface area contributed by atoms with Gasteiger partial charge < -0.3 is 0 Å². The second-order valence-electron chi connectivity index (χ2n) is 13.9. The minimum absolute atomic E-state index is 0.147. The summed E-state index contributed by atoms with van der Waals surface area (Å²) >= 11 is 0. The Morgan fingerprint density at radius 3 is 1.74 bits per heavy atom. The van der Waals surface area contributed by atoms with E-state index in [2.05, 4.69) is 141 Å². The first kappa shape index (κ1) is 27.8. The second kappa shape index (κ2) is 9.84. The van der Waals surface area contributed by atoms with Gasteiger partial charge in [0.05, 0.1) is 5.69 Å². The van der Waals surface area contributed by atoms with Crippen molar-refractivity contribution in [2.45, 2.75) is 93.4 Å². The molecular formula is C35H45N3. The number of hydrogen-bond acceptors (Lipinski definition) is 2. The topological polar surface area (TPSA) is 30.7 Å². The summed E-state index contributed by atoms with van der Waals surface area (Å²) in [6.07, 6.45) is 1.00. The third-order valence-electron chi connectivity index (χ3n) is 7.53. The van der Waals surface area contributed by atoms with E-state index < -0.39 is 0 Å². The predicted octanol–water partition coefficient (Wildman–Crippen LogP) is 9.54. The molecule has 0 N–H and O–H groups in total. The smallest absolute Gasteiger partial charge is 0.168 e. The molecule has 200 valence electrons. The quantitative estimate of drug-likeness (QED) is 0.269. The maximum atomic E-state index is 4.84. The lowest BCUT2D eigenvalue weighted by Gasteiger charge is -2.32. The number of hydrogen-bond donors (Lipinski definition) is 0. The summed E-state index contributed by atoms with van der Waals surface area (Å²) < 4.78 is 2.30. The normalized spacial score (nSPS) is 12.7. The second-order valence-corrected chi connectivity index (χ2v) is 13.9. The lowest BCUT2D eigenvalue weighted by Crippen LogP contribution is -2.28. The summed E-state index contributed by atoms with van der Waals surface area (Å²) in [6.45, 7) is 24.8. The van der Waals surface area contributed by atoms with Gasteiger partial charge in [0.2, 0.25) is 0 Å². The molecule has 0 bridgehead atoms. The maximum Gasteiger partial charge on any atom is 0.168 e. The van der Waals surface area contributed by atoms with Crippen molar-refractivity contribution in [3.63, 3.8) is 0 Å². The van der Waals surface area contributed by atoms with E-state index in [1.165, 1.54) is 33.4 Å². The zero-order valence-electron chi connectivity index (χ0n) is 25.3. The van der Waals surface area contributed by atoms with Gasteiger partial charge in [-0.05, 0) is 89.6 Å². The molecular weight excluding hydrogens is 462 g/mol. The van der Waals surface area contributed by atoms with Gasteiger partial charge in [-0.3, -0.25) is 4.57 Å². The lowest BCUT2D eigenvalue weighted by molar-refractivity contribution is 0.272. The van der Waals surface area contributed by atoms with Crippen molar-refractivity contribution in [2.75, 3.05) is 0 Å². The molecule has 1 heterocycles. The summed E-state index contributed by atoms with van der Waals surface area (Å²) in [5.41, 5.74) is 9.95. The SMILES string of the molecule is Cc1ccc(-c2nnc(C(C)(C)CC(C)(C)C)n2-c2ccc(-c3ccc(C(C)(C)C)cc3)cc2C)cc1C. The maximum absolute atomic E-state index is 4.84. The summed E-state index contributed by atoms with van der Waals surface area (Å²) in [4.78, 5) is 0. The first-order valence-electron chi connectivity index (χ1n) is 13.8. The first-order chi connectivity index (χ1) is 17.6. The van der Waals surface area contributed by atoms with Crippen LogP contribution in [0.15, 0.2) is 60.7 Å². The Kier molecular flexibility index (Phi) is 7.20. The van der Waals surface area contributed by atoms with Gasteiger partial charge in [-0.2, -0.15) is 0 Å². The van der Waals surface area contributed by atoms with Gasteiger partial charge >= 0.3 is 0 Å². The van der Waals surface area contributed by atoms with Gasteiger partial charge in [0.15, 0.2) is 5.82 Å². The molecule has 4 aromatic rings. The first-order valence-corrected chi connectivity index (χ1v) is 13.8. The van der Waals surface area contributed by atoms with Gasteiger partial charge in [0, 0.05) is 11.0 Å². The van der Waals surface area contributed by atoms with Crippen LogP contribution < -0.4 is 0 Å². The summed E-state index contributed by atoms with van der Waals surface area (Å²) in [7, 11) is 0. The third kappa shape index (κ3) is 5.77. The molecule has 3 heteroatoms. The van der Waals surface area contributed by atoms with E-state index in [0.29, 0.717) is 0 Å². The number of benzene rings is 3. The van der Waals surface area contributed by atoms with Crippen LogP contribution >= 0.6 is 0 Å². The fourth-order valence-electron chi connectivity index (χ4n) is 5.67. The Bertz CT molecular complexity index is 1440. The molecule has 0 amide bonds. The molecule has 1 aromatic heterocycles. The summed E-state index contributed by atoms with van der Waals surface area (Å²) in [5, 5.41) is 9.64. The van der Waals surface area contributed by atoms with Crippen LogP contribution in [0.1, 0.15) is 89.9 Å². The Morgan fingerprint density at radius 2 is 1.18 bits per heavy atom. The van der Waals surface area contributed by atoms with Gasteiger partial charge in [0.25, 0.3) is 0 Å². The highest BCUT2D eigenvalue weighted by molar-refractivity contribution is 5.69. The Hall–Kier alpha value is -3.20. The van der Waals surface area contributed by atoms with Crippen LogP contribution in [0.4, 0.5) is 0 Å². The molecule has 0 atom stereocenters. The van der Waals surface area contributed by atoms with Crippen molar-refractivity contribution in [2.24, 2.45) is 5.41 Å². The fourth-order valence-corrected chi connectivity index (χ4v) is 5.67. The van der Waals surface area contributed by atoms with Crippen LogP contribution in [-0.2, 0) is 10.8 Å². The van der Waals surface area contributed by atoms with Gasteiger partial charge in [-0.15, -0.1) is 10.2 Å². The van der Waals surface area contributed by atoms with Crippen molar-refractivity contribution >= 4 is 0 Å². The number of rotatable bonds is 5. The Labute approximate surface area is 230 Å². The highest BCUT2D eigenvalue weighted by Crippen LogP contribution is 2.39. The van der Waals surface area contributed by atoms with Gasteiger partial charge in [-0.25, -0.2) is 0 Å². The van der Waals surface area contributed by atoms with Gasteiger partial charge in [-0.1, -0.05) is 97.9 Å². The lowest BCUT2D eigenvalue weighted by atomic mass is 9.75. The van der Waals surface area contributed by atoms with Crippen molar-refractivity contribution < 1.29 is 0 Å². The molecule has 4 rings (SSSR count). The van der Waals surface area contributed by atoms with Crippen LogP contribution in [0, 0.1) is 26.2 Å². The zero-order chi connectivity index (χ0) is 28.0.